The number of carboxylic acids is 4. The van der Waals surface area contributed by atoms with Gasteiger partial charge in [-0.1, -0.05) is 11.6 Å². The van der Waals surface area contributed by atoms with Crippen LogP contribution in [0.5, 0.6) is 5.75 Å². The normalized spacial score (nSPS) is 11.9. The van der Waals surface area contributed by atoms with E-state index in [1.807, 2.05) is 0 Å². The Hall–Kier alpha value is -5.47. The molecule has 2 aromatic rings. The average molecular weight is 669 g/mol. The lowest BCUT2D eigenvalue weighted by Crippen LogP contribution is -2.46. The number of halogens is 1. The Balaban J connectivity index is 1.62. The fraction of sp³-hybridized carbons (Fsp3) is 0.250. The van der Waals surface area contributed by atoms with Crippen molar-refractivity contribution in [2.45, 2.75) is 32.2 Å². The van der Waals surface area contributed by atoms with Gasteiger partial charge in [0.1, 0.15) is 23.1 Å². The number of aliphatic carboxylic acids is 3. The van der Waals surface area contributed by atoms with Crippen molar-refractivity contribution in [1.29, 1.82) is 0 Å². The summed E-state index contributed by atoms with van der Waals surface area (Å²) in [5.41, 5.74) is 0.799. The lowest BCUT2D eigenvalue weighted by molar-refractivity contribution is -0.149. The molecule has 1 unspecified atom stereocenters. The zero-order valence-electron chi connectivity index (χ0n) is 24.8. The van der Waals surface area contributed by atoms with Gasteiger partial charge in [0, 0.05) is 40.8 Å². The highest BCUT2D eigenvalue weighted by Crippen LogP contribution is 2.44. The predicted octanol–water partition coefficient (Wildman–Crippen LogP) is 3.75. The van der Waals surface area contributed by atoms with Crippen LogP contribution in [0.1, 0.15) is 45.5 Å². The summed E-state index contributed by atoms with van der Waals surface area (Å²) in [4.78, 5) is 72.8. The highest BCUT2D eigenvalue weighted by Gasteiger charge is 2.29. The fourth-order valence-electron chi connectivity index (χ4n) is 5.26. The molecule has 0 spiro atoms. The van der Waals surface area contributed by atoms with Crippen LogP contribution < -0.4 is 10.7 Å². The number of aromatic carboxylic acids is 1. The molecule has 4 rings (SSSR count). The highest BCUT2D eigenvalue weighted by atomic mass is 35.5. The Morgan fingerprint density at radius 1 is 0.915 bits per heavy atom. The second kappa shape index (κ2) is 14.3. The first-order valence-electron chi connectivity index (χ1n) is 14.1. The first kappa shape index (κ1) is 34.4. The molecule has 0 saturated carbocycles. The van der Waals surface area contributed by atoms with E-state index in [0.717, 1.165) is 4.90 Å². The van der Waals surface area contributed by atoms with Crippen LogP contribution in [0, 0.1) is 6.92 Å². The van der Waals surface area contributed by atoms with E-state index in [1.54, 1.807) is 6.92 Å². The van der Waals surface area contributed by atoms with Gasteiger partial charge in [-0.05, 0) is 67.6 Å². The number of aromatic hydroxyl groups is 1. The summed E-state index contributed by atoms with van der Waals surface area (Å²) in [6.07, 6.45) is 0.388. The molecule has 1 heterocycles. The minimum absolute atomic E-state index is 0.0459. The second-order valence-corrected chi connectivity index (χ2v) is 11.2. The zero-order chi connectivity index (χ0) is 34.6. The van der Waals surface area contributed by atoms with Crippen LogP contribution in [-0.4, -0.2) is 85.9 Å². The summed E-state index contributed by atoms with van der Waals surface area (Å²) in [5, 5.41) is 50.9. The number of carboxylic acid groups (broad SMARTS) is 4. The van der Waals surface area contributed by atoms with E-state index in [-0.39, 0.29) is 70.0 Å². The third-order valence-electron chi connectivity index (χ3n) is 7.46. The number of phenolic OH excluding ortho intramolecular Hbond substituents is 1. The van der Waals surface area contributed by atoms with Crippen molar-refractivity contribution >= 4 is 52.4 Å². The molecular weight excluding hydrogens is 640 g/mol. The van der Waals surface area contributed by atoms with Gasteiger partial charge in [-0.3, -0.25) is 28.9 Å². The molecule has 47 heavy (non-hydrogen) atoms. The number of amides is 1. The molecule has 6 N–H and O–H groups in total. The van der Waals surface area contributed by atoms with Gasteiger partial charge < -0.3 is 35.3 Å². The van der Waals surface area contributed by atoms with Crippen LogP contribution >= 0.6 is 11.6 Å². The molecule has 0 bridgehead atoms. The molecular formula is C32H29ClN2O12. The summed E-state index contributed by atoms with van der Waals surface area (Å²) in [6.45, 7) is 0.0883. The molecule has 14 nitrogen and oxygen atoms in total. The van der Waals surface area contributed by atoms with Crippen LogP contribution in [-0.2, 0) is 14.4 Å². The monoisotopic (exact) mass is 668 g/mol. The first-order chi connectivity index (χ1) is 22.2. The zero-order valence-corrected chi connectivity index (χ0v) is 25.5. The van der Waals surface area contributed by atoms with Crippen molar-refractivity contribution < 1.29 is 53.9 Å². The molecule has 1 aliphatic carbocycles. The molecule has 0 radical (unpaired) electrons. The highest BCUT2D eigenvalue weighted by molar-refractivity contribution is 6.33. The Bertz CT molecular complexity index is 1920. The summed E-state index contributed by atoms with van der Waals surface area (Å²) in [5.74, 6) is -6.22. The molecule has 0 saturated heterocycles. The van der Waals surface area contributed by atoms with E-state index in [0.29, 0.717) is 22.1 Å². The number of carbonyl (C=O) groups excluding carboxylic acids is 1. The van der Waals surface area contributed by atoms with Crippen molar-refractivity contribution in [3.05, 3.63) is 74.4 Å². The number of hydrogen-bond donors (Lipinski definition) is 6. The molecule has 15 heteroatoms. The molecule has 1 atom stereocenters. The third-order valence-corrected chi connectivity index (χ3v) is 7.76. The van der Waals surface area contributed by atoms with Crippen LogP contribution in [0.4, 0.5) is 0 Å². The van der Waals surface area contributed by atoms with E-state index in [2.05, 4.69) is 5.32 Å². The smallest absolute Gasteiger partial charge is 0.336 e. The maximum atomic E-state index is 13.2. The van der Waals surface area contributed by atoms with Gasteiger partial charge in [0.15, 0.2) is 5.43 Å². The Kier molecular flexibility index (Phi) is 10.5. The van der Waals surface area contributed by atoms with E-state index >= 15 is 0 Å². The number of benzene rings is 3. The van der Waals surface area contributed by atoms with Crippen molar-refractivity contribution in [3.8, 4) is 28.2 Å². The standard InChI is InChI=1S/C32H29ClN2O12/c1-15-8-19-25(11-23(15)36)47-26-12-24(37)21(33)10-20(26)29(19)18-9-16(5-6-17(18)31(43)44)30(42)34-7-3-2-4-22(32(45)46)35(13-27(38)39)14-28(40)41/h5-6,8-12,22,37H,2-4,7,13-14H2,1H3,(H,34,42)(H,38,39)(H,40,41)(H,43,44)(H,45,46). The van der Waals surface area contributed by atoms with Gasteiger partial charge in [-0.2, -0.15) is 0 Å². The maximum Gasteiger partial charge on any atom is 0.336 e. The fourth-order valence-corrected chi connectivity index (χ4v) is 5.42. The summed E-state index contributed by atoms with van der Waals surface area (Å²) in [6, 6.07) is 7.97. The van der Waals surface area contributed by atoms with Crippen LogP contribution in [0.25, 0.3) is 33.4 Å². The Morgan fingerprint density at radius 2 is 1.60 bits per heavy atom. The SMILES string of the molecule is Cc1cc2c(-c3cc(C(=O)NCCCCC(C(=O)O)N(CC(=O)O)CC(=O)O)ccc3C(=O)O)c3cc(Cl)c(O)cc3oc-2cc1=O. The number of carbonyl (C=O) groups is 5. The van der Waals surface area contributed by atoms with Crippen molar-refractivity contribution in [3.63, 3.8) is 0 Å². The Labute approximate surface area is 270 Å². The number of nitrogens with zero attached hydrogens (tertiary/aromatic N) is 1. The van der Waals surface area contributed by atoms with Gasteiger partial charge in [-0.15, -0.1) is 0 Å². The topological polar surface area (TPSA) is 232 Å². The van der Waals surface area contributed by atoms with Gasteiger partial charge in [0.25, 0.3) is 5.91 Å². The first-order valence-corrected chi connectivity index (χ1v) is 14.5. The van der Waals surface area contributed by atoms with E-state index in [9.17, 15) is 44.1 Å². The van der Waals surface area contributed by atoms with Crippen LogP contribution in [0.15, 0.2) is 51.7 Å². The Morgan fingerprint density at radius 3 is 2.21 bits per heavy atom. The van der Waals surface area contributed by atoms with Crippen molar-refractivity contribution in [2.24, 2.45) is 0 Å². The molecule has 0 fully saturated rings. The van der Waals surface area contributed by atoms with Crippen LogP contribution in [0.3, 0.4) is 0 Å². The van der Waals surface area contributed by atoms with Crippen molar-refractivity contribution in [2.75, 3.05) is 19.6 Å². The molecule has 1 amide bonds. The number of phenols is 1. The summed E-state index contributed by atoms with van der Waals surface area (Å²) < 4.78 is 5.87. The number of hydrogen-bond acceptors (Lipinski definition) is 9. The third kappa shape index (κ3) is 7.85. The van der Waals surface area contributed by atoms with E-state index in [1.165, 1.54) is 42.5 Å². The van der Waals surface area contributed by atoms with Gasteiger partial charge in [0.2, 0.25) is 0 Å². The lowest BCUT2D eigenvalue weighted by atomic mass is 9.89. The maximum absolute atomic E-state index is 13.2. The summed E-state index contributed by atoms with van der Waals surface area (Å²) >= 11 is 6.21. The summed E-state index contributed by atoms with van der Waals surface area (Å²) in [7, 11) is 0. The number of aryl methyl sites for hydroxylation is 1. The van der Waals surface area contributed by atoms with Crippen LogP contribution in [0.2, 0.25) is 5.02 Å². The number of nitrogens with one attached hydrogen (secondary N) is 1. The minimum atomic E-state index is -1.38. The average Bonchev–Trinajstić information content (AvgIpc) is 2.98. The molecule has 2 aromatic carbocycles. The number of rotatable bonds is 14. The van der Waals surface area contributed by atoms with E-state index in [4.69, 9.17) is 26.2 Å². The van der Waals surface area contributed by atoms with Gasteiger partial charge in [-0.25, -0.2) is 4.79 Å². The second-order valence-electron chi connectivity index (χ2n) is 10.8. The molecule has 1 aliphatic heterocycles. The molecule has 0 aromatic heterocycles. The lowest BCUT2D eigenvalue weighted by Gasteiger charge is -2.25. The quantitative estimate of drug-likeness (QED) is 0.0831. The minimum Gasteiger partial charge on any atom is -0.506 e. The molecule has 2 aliphatic rings. The van der Waals surface area contributed by atoms with Gasteiger partial charge >= 0.3 is 23.9 Å². The molecule has 246 valence electrons. The number of fused-ring (bicyclic) bond motifs is 2. The van der Waals surface area contributed by atoms with Gasteiger partial charge in [0.05, 0.1) is 23.7 Å². The largest absolute Gasteiger partial charge is 0.506 e. The number of unbranched alkanes of at least 4 members (excludes halogenated alkanes) is 1. The van der Waals surface area contributed by atoms with Crippen molar-refractivity contribution in [1.82, 2.24) is 10.2 Å². The van der Waals surface area contributed by atoms with E-state index < -0.39 is 48.9 Å². The predicted molar refractivity (Wildman–Crippen MR) is 167 cm³/mol.